The number of aromatic nitrogens is 2. The van der Waals surface area contributed by atoms with Crippen molar-refractivity contribution in [2.45, 2.75) is 31.8 Å². The molecule has 2 aliphatic heterocycles. The van der Waals surface area contributed by atoms with Crippen LogP contribution in [0.25, 0.3) is 10.8 Å². The molecule has 1 unspecified atom stereocenters. The third kappa shape index (κ3) is 4.72. The first-order chi connectivity index (χ1) is 15.6. The molecule has 1 amide bonds. The molecule has 8 nitrogen and oxygen atoms in total. The summed E-state index contributed by atoms with van der Waals surface area (Å²) < 4.78 is 5.88. The van der Waals surface area contributed by atoms with Gasteiger partial charge >= 0.3 is 6.01 Å². The average molecular weight is 433 g/mol. The minimum atomic E-state index is -0.169. The van der Waals surface area contributed by atoms with Gasteiger partial charge in [-0.05, 0) is 66.9 Å². The van der Waals surface area contributed by atoms with Gasteiger partial charge in [0.05, 0.1) is 6.04 Å². The summed E-state index contributed by atoms with van der Waals surface area (Å²) in [7, 11) is 0. The zero-order valence-electron chi connectivity index (χ0n) is 18.0. The summed E-state index contributed by atoms with van der Waals surface area (Å²) in [5.74, 6) is 0.572. The summed E-state index contributed by atoms with van der Waals surface area (Å²) in [6.07, 6.45) is 6.34. The second kappa shape index (κ2) is 9.20. The average Bonchev–Trinajstić information content (AvgIpc) is 3.35. The number of benzene rings is 2. The third-order valence-corrected chi connectivity index (χ3v) is 6.37. The summed E-state index contributed by atoms with van der Waals surface area (Å²) in [6, 6.07) is 13.1. The van der Waals surface area contributed by atoms with E-state index in [2.05, 4.69) is 50.0 Å². The lowest BCUT2D eigenvalue weighted by Gasteiger charge is -2.30. The molecule has 1 atom stereocenters. The molecule has 8 heteroatoms. The highest BCUT2D eigenvalue weighted by Gasteiger charge is 2.23. The zero-order chi connectivity index (χ0) is 21.9. The molecular weight excluding hydrogens is 404 g/mol. The predicted molar refractivity (Wildman–Crippen MR) is 122 cm³/mol. The number of likely N-dealkylation sites (tertiary alicyclic amines) is 1. The number of hydrogen-bond acceptors (Lipinski definition) is 7. The topological polar surface area (TPSA) is 105 Å². The molecule has 1 aromatic heterocycles. The minimum Gasteiger partial charge on any atom is -0.424 e. The van der Waals surface area contributed by atoms with E-state index in [1.165, 1.54) is 5.56 Å². The van der Waals surface area contributed by atoms with Crippen molar-refractivity contribution in [3.8, 4) is 11.8 Å². The monoisotopic (exact) mass is 432 g/mol. The number of carbonyl (C=O) groups is 1. The highest BCUT2D eigenvalue weighted by atomic mass is 16.5. The number of amides is 1. The van der Waals surface area contributed by atoms with Crippen molar-refractivity contribution in [2.24, 2.45) is 11.7 Å². The molecule has 0 saturated carbocycles. The van der Waals surface area contributed by atoms with Crippen molar-refractivity contribution < 1.29 is 9.53 Å². The third-order valence-electron chi connectivity index (χ3n) is 6.37. The fourth-order valence-electron chi connectivity index (χ4n) is 4.47. The Hall–Kier alpha value is -3.07. The van der Waals surface area contributed by atoms with E-state index >= 15 is 0 Å². The molecule has 0 aliphatic carbocycles. The van der Waals surface area contributed by atoms with Crippen molar-refractivity contribution in [1.82, 2.24) is 25.7 Å². The second-order valence-electron chi connectivity index (χ2n) is 8.61. The van der Waals surface area contributed by atoms with Crippen molar-refractivity contribution in [2.75, 3.05) is 19.6 Å². The van der Waals surface area contributed by atoms with Crippen LogP contribution in [0.5, 0.6) is 11.8 Å². The van der Waals surface area contributed by atoms with Crippen molar-refractivity contribution in [3.05, 3.63) is 59.9 Å². The SMILES string of the molecule is NC(=O)C1CCN(Cc2ccc3cc(Oc4ncc(C5CCNN5)cn4)ccc3c2)CC1. The molecule has 2 saturated heterocycles. The summed E-state index contributed by atoms with van der Waals surface area (Å²) in [4.78, 5) is 22.5. The number of hydrazine groups is 1. The van der Waals surface area contributed by atoms with E-state index in [9.17, 15) is 4.79 Å². The van der Waals surface area contributed by atoms with Crippen molar-refractivity contribution >= 4 is 16.7 Å². The molecule has 0 bridgehead atoms. The van der Waals surface area contributed by atoms with Crippen LogP contribution in [-0.4, -0.2) is 40.4 Å². The smallest absolute Gasteiger partial charge is 0.321 e. The maximum atomic E-state index is 11.4. The van der Waals surface area contributed by atoms with Gasteiger partial charge < -0.3 is 10.5 Å². The number of piperidine rings is 1. The van der Waals surface area contributed by atoms with Crippen LogP contribution in [-0.2, 0) is 11.3 Å². The van der Waals surface area contributed by atoms with E-state index in [1.807, 2.05) is 24.5 Å². The lowest BCUT2D eigenvalue weighted by Crippen LogP contribution is -2.38. The van der Waals surface area contributed by atoms with Gasteiger partial charge in [-0.2, -0.15) is 0 Å². The van der Waals surface area contributed by atoms with Gasteiger partial charge in [-0.25, -0.2) is 9.97 Å². The van der Waals surface area contributed by atoms with Crippen LogP contribution >= 0.6 is 0 Å². The molecule has 0 spiro atoms. The van der Waals surface area contributed by atoms with Crippen molar-refractivity contribution in [3.63, 3.8) is 0 Å². The van der Waals surface area contributed by atoms with Gasteiger partial charge in [-0.15, -0.1) is 0 Å². The molecule has 166 valence electrons. The van der Waals surface area contributed by atoms with Gasteiger partial charge in [0.2, 0.25) is 5.91 Å². The lowest BCUT2D eigenvalue weighted by atomic mass is 9.96. The van der Waals surface area contributed by atoms with Gasteiger partial charge in [-0.3, -0.25) is 20.5 Å². The van der Waals surface area contributed by atoms with Crippen LogP contribution in [0, 0.1) is 5.92 Å². The number of hydrogen-bond donors (Lipinski definition) is 3. The van der Waals surface area contributed by atoms with Crippen LogP contribution < -0.4 is 21.3 Å². The highest BCUT2D eigenvalue weighted by Crippen LogP contribution is 2.26. The van der Waals surface area contributed by atoms with Gasteiger partial charge in [0.1, 0.15) is 5.75 Å². The standard InChI is InChI=1S/C24H28N6O2/c25-23(31)17-6-9-30(10-7-17)15-16-1-2-19-12-21(4-3-18(19)11-16)32-24-26-13-20(14-27-24)22-5-8-28-29-22/h1-4,11-14,17,22,28-29H,5-10,15H2,(H2,25,31). The fraction of sp³-hybridized carbons (Fsp3) is 0.375. The molecule has 32 heavy (non-hydrogen) atoms. The number of nitrogens with two attached hydrogens (primary N) is 1. The first-order valence-electron chi connectivity index (χ1n) is 11.2. The van der Waals surface area contributed by atoms with Crippen LogP contribution in [0.3, 0.4) is 0 Å². The molecule has 2 aromatic carbocycles. The summed E-state index contributed by atoms with van der Waals surface area (Å²) >= 11 is 0. The fourth-order valence-corrected chi connectivity index (χ4v) is 4.47. The minimum absolute atomic E-state index is 0.0258. The molecule has 4 N–H and O–H groups in total. The Labute approximate surface area is 187 Å². The first-order valence-corrected chi connectivity index (χ1v) is 11.2. The van der Waals surface area contributed by atoms with E-state index in [4.69, 9.17) is 10.5 Å². The van der Waals surface area contributed by atoms with Crippen LogP contribution in [0.15, 0.2) is 48.8 Å². The normalized spacial score (nSPS) is 19.9. The molecule has 0 radical (unpaired) electrons. The Morgan fingerprint density at radius 2 is 1.81 bits per heavy atom. The lowest BCUT2D eigenvalue weighted by molar-refractivity contribution is -0.123. The molecule has 5 rings (SSSR count). The van der Waals surface area contributed by atoms with Gasteiger partial charge in [-0.1, -0.05) is 18.2 Å². The second-order valence-corrected chi connectivity index (χ2v) is 8.61. The Morgan fingerprint density at radius 3 is 2.53 bits per heavy atom. The Kier molecular flexibility index (Phi) is 5.98. The molecular formula is C24H28N6O2. The van der Waals surface area contributed by atoms with E-state index in [0.29, 0.717) is 11.8 Å². The number of rotatable bonds is 6. The van der Waals surface area contributed by atoms with Crippen LogP contribution in [0.4, 0.5) is 0 Å². The quantitative estimate of drug-likeness (QED) is 0.550. The van der Waals surface area contributed by atoms with Gasteiger partial charge in [0.15, 0.2) is 0 Å². The number of ether oxygens (including phenoxy) is 1. The number of nitrogens with zero attached hydrogens (tertiary/aromatic N) is 3. The number of nitrogens with one attached hydrogen (secondary N) is 2. The number of primary amides is 1. The van der Waals surface area contributed by atoms with E-state index < -0.39 is 0 Å². The first kappa shape index (κ1) is 20.8. The van der Waals surface area contributed by atoms with Gasteiger partial charge in [0, 0.05) is 37.0 Å². The highest BCUT2D eigenvalue weighted by molar-refractivity contribution is 5.84. The number of carbonyl (C=O) groups excluding carboxylic acids is 1. The molecule has 3 heterocycles. The molecule has 3 aromatic rings. The Morgan fingerprint density at radius 1 is 1.06 bits per heavy atom. The molecule has 2 aliphatic rings. The summed E-state index contributed by atoms with van der Waals surface area (Å²) in [5, 5.41) is 2.27. The van der Waals surface area contributed by atoms with E-state index in [0.717, 1.165) is 61.8 Å². The number of fused-ring (bicyclic) bond motifs is 1. The molecule has 2 fully saturated rings. The largest absolute Gasteiger partial charge is 0.424 e. The summed E-state index contributed by atoms with van der Waals surface area (Å²) in [5.41, 5.74) is 14.1. The van der Waals surface area contributed by atoms with Gasteiger partial charge in [0.25, 0.3) is 0 Å². The van der Waals surface area contributed by atoms with Crippen molar-refractivity contribution in [1.29, 1.82) is 0 Å². The summed E-state index contributed by atoms with van der Waals surface area (Å²) in [6.45, 7) is 3.63. The van der Waals surface area contributed by atoms with E-state index in [1.54, 1.807) is 0 Å². The zero-order valence-corrected chi connectivity index (χ0v) is 18.0. The predicted octanol–water partition coefficient (Wildman–Crippen LogP) is 2.66. The van der Waals surface area contributed by atoms with Crippen LogP contribution in [0.1, 0.15) is 36.4 Å². The van der Waals surface area contributed by atoms with E-state index in [-0.39, 0.29) is 17.9 Å². The van der Waals surface area contributed by atoms with Crippen LogP contribution in [0.2, 0.25) is 0 Å². The Balaban J connectivity index is 1.22. The maximum absolute atomic E-state index is 11.4. The Bertz CT molecular complexity index is 1090. The maximum Gasteiger partial charge on any atom is 0.321 e.